The molecule has 0 aromatic carbocycles. The highest BCUT2D eigenvalue weighted by atomic mass is 35.5. The first-order valence-corrected chi connectivity index (χ1v) is 10.8. The Bertz CT molecular complexity index is 1100. The van der Waals surface area contributed by atoms with E-state index in [2.05, 4.69) is 21.7 Å². The zero-order chi connectivity index (χ0) is 21.9. The molecule has 0 saturated carbocycles. The van der Waals surface area contributed by atoms with Crippen LogP contribution in [-0.4, -0.2) is 33.3 Å². The number of hydrogen-bond donors (Lipinski definition) is 0. The van der Waals surface area contributed by atoms with Gasteiger partial charge in [0.1, 0.15) is 15.8 Å². The second-order valence-electron chi connectivity index (χ2n) is 5.58. The Morgan fingerprint density at radius 1 is 1.33 bits per heavy atom. The fourth-order valence-corrected chi connectivity index (χ4v) is 5.02. The number of aromatic nitrogens is 3. The average Bonchev–Trinajstić information content (AvgIpc) is 3.10. The molecule has 0 bridgehead atoms. The van der Waals surface area contributed by atoms with Gasteiger partial charge in [0.15, 0.2) is 11.3 Å². The van der Waals surface area contributed by atoms with E-state index in [-0.39, 0.29) is 26.4 Å². The molecule has 0 radical (unpaired) electrons. The fourth-order valence-electron chi connectivity index (χ4n) is 2.48. The summed E-state index contributed by atoms with van der Waals surface area (Å²) in [5, 5.41) is 0.481. The molecule has 0 aliphatic carbocycles. The predicted molar refractivity (Wildman–Crippen MR) is 117 cm³/mol. The maximum Gasteiger partial charge on any atom is 0.435 e. The lowest BCUT2D eigenvalue weighted by Gasteiger charge is -2.10. The number of nitrogens with zero attached hydrogens (tertiary/aromatic N) is 4. The van der Waals surface area contributed by atoms with Gasteiger partial charge in [-0.05, 0) is 24.9 Å². The zero-order valence-corrected chi connectivity index (χ0v) is 18.4. The van der Waals surface area contributed by atoms with Crippen LogP contribution in [0.5, 0.6) is 5.88 Å². The van der Waals surface area contributed by atoms with Gasteiger partial charge in [-0.1, -0.05) is 23.2 Å². The van der Waals surface area contributed by atoms with Crippen molar-refractivity contribution in [3.05, 3.63) is 57.4 Å². The van der Waals surface area contributed by atoms with E-state index in [1.165, 1.54) is 41.6 Å². The number of aliphatic imine (C=N–C) groups is 1. The molecule has 0 spiro atoms. The molecule has 3 heterocycles. The van der Waals surface area contributed by atoms with Crippen LogP contribution in [0.1, 0.15) is 11.4 Å². The molecule has 30 heavy (non-hydrogen) atoms. The van der Waals surface area contributed by atoms with E-state index in [4.69, 9.17) is 27.9 Å². The van der Waals surface area contributed by atoms with Gasteiger partial charge in [-0.2, -0.15) is 13.2 Å². The smallest absolute Gasteiger partial charge is 0.435 e. The van der Waals surface area contributed by atoms with Crippen molar-refractivity contribution in [3.63, 3.8) is 0 Å². The molecule has 12 heteroatoms. The highest BCUT2D eigenvalue weighted by molar-refractivity contribution is 8.18. The summed E-state index contributed by atoms with van der Waals surface area (Å²) in [7, 11) is 1.52. The zero-order valence-electron chi connectivity index (χ0n) is 15.3. The van der Waals surface area contributed by atoms with E-state index in [0.29, 0.717) is 11.0 Å². The Labute approximate surface area is 188 Å². The van der Waals surface area contributed by atoms with Crippen molar-refractivity contribution in [1.82, 2.24) is 14.4 Å². The van der Waals surface area contributed by atoms with Crippen molar-refractivity contribution in [3.8, 4) is 5.88 Å². The minimum Gasteiger partial charge on any atom is -0.481 e. The van der Waals surface area contributed by atoms with Crippen LogP contribution in [-0.2, 0) is 6.18 Å². The lowest BCUT2D eigenvalue weighted by Crippen LogP contribution is -2.09. The number of ether oxygens (including phenoxy) is 1. The molecule has 0 aliphatic rings. The number of halogens is 5. The lowest BCUT2D eigenvalue weighted by molar-refractivity contribution is -0.141. The Morgan fingerprint density at radius 3 is 2.70 bits per heavy atom. The predicted octanol–water partition coefficient (Wildman–Crippen LogP) is 6.46. The van der Waals surface area contributed by atoms with Gasteiger partial charge >= 0.3 is 6.18 Å². The van der Waals surface area contributed by atoms with E-state index in [1.54, 1.807) is 12.3 Å². The van der Waals surface area contributed by atoms with Crippen LogP contribution >= 0.6 is 46.7 Å². The molecule has 0 unspecified atom stereocenters. The van der Waals surface area contributed by atoms with Crippen molar-refractivity contribution in [1.29, 1.82) is 0 Å². The van der Waals surface area contributed by atoms with E-state index < -0.39 is 11.9 Å². The van der Waals surface area contributed by atoms with Crippen LogP contribution in [0.25, 0.3) is 11.3 Å². The van der Waals surface area contributed by atoms with Gasteiger partial charge in [-0.25, -0.2) is 9.97 Å². The van der Waals surface area contributed by atoms with Gasteiger partial charge < -0.3 is 4.74 Å². The number of thioether (sulfide) groups is 2. The molecular formula is C18H13Cl2F3N4OS2. The SMILES string of the molecule is C=N/C(=C(/Cl)SCSc1ccc(OC)nc1)c1c(C(F)(F)F)nc2c(Cl)cccn12. The third kappa shape index (κ3) is 4.88. The maximum absolute atomic E-state index is 13.6. The van der Waals surface area contributed by atoms with Crippen molar-refractivity contribution in [2.24, 2.45) is 4.99 Å². The summed E-state index contributed by atoms with van der Waals surface area (Å²) in [6, 6.07) is 6.48. The monoisotopic (exact) mass is 492 g/mol. The largest absolute Gasteiger partial charge is 0.481 e. The summed E-state index contributed by atoms with van der Waals surface area (Å²) in [6.07, 6.45) is -1.69. The summed E-state index contributed by atoms with van der Waals surface area (Å²) >= 11 is 14.9. The van der Waals surface area contributed by atoms with E-state index in [1.807, 2.05) is 6.07 Å². The van der Waals surface area contributed by atoms with Gasteiger partial charge in [0.2, 0.25) is 5.88 Å². The molecule has 0 saturated heterocycles. The van der Waals surface area contributed by atoms with E-state index in [9.17, 15) is 13.2 Å². The van der Waals surface area contributed by atoms with E-state index in [0.717, 1.165) is 16.7 Å². The van der Waals surface area contributed by atoms with Crippen LogP contribution in [0.2, 0.25) is 5.02 Å². The molecule has 0 aliphatic heterocycles. The Morgan fingerprint density at radius 2 is 2.10 bits per heavy atom. The van der Waals surface area contributed by atoms with Crippen LogP contribution < -0.4 is 4.74 Å². The Hall–Kier alpha value is -1.88. The number of pyridine rings is 2. The number of fused-ring (bicyclic) bond motifs is 1. The molecular weight excluding hydrogens is 480 g/mol. The van der Waals surface area contributed by atoms with Crippen LogP contribution in [0.3, 0.4) is 0 Å². The summed E-state index contributed by atoms with van der Waals surface area (Å²) in [4.78, 5) is 12.4. The van der Waals surface area contributed by atoms with Gasteiger partial charge in [0, 0.05) is 28.4 Å². The quantitative estimate of drug-likeness (QED) is 0.215. The number of hydrogen-bond acceptors (Lipinski definition) is 6. The van der Waals surface area contributed by atoms with Crippen molar-refractivity contribution < 1.29 is 17.9 Å². The first-order chi connectivity index (χ1) is 14.3. The van der Waals surface area contributed by atoms with Gasteiger partial charge in [0.25, 0.3) is 0 Å². The van der Waals surface area contributed by atoms with Crippen LogP contribution in [0.4, 0.5) is 13.2 Å². The third-order valence-electron chi connectivity index (χ3n) is 3.77. The topological polar surface area (TPSA) is 51.8 Å². The normalized spacial score (nSPS) is 12.7. The highest BCUT2D eigenvalue weighted by Gasteiger charge is 2.39. The molecule has 0 N–H and O–H groups in total. The van der Waals surface area contributed by atoms with Crippen LogP contribution in [0.15, 0.2) is 50.9 Å². The minimum absolute atomic E-state index is 0.0456. The molecule has 0 fully saturated rings. The van der Waals surface area contributed by atoms with Gasteiger partial charge in [-0.3, -0.25) is 9.39 Å². The van der Waals surface area contributed by atoms with Crippen molar-refractivity contribution >= 4 is 64.8 Å². The number of methoxy groups -OCH3 is 1. The molecule has 158 valence electrons. The summed E-state index contributed by atoms with van der Waals surface area (Å²) in [5.41, 5.74) is -1.62. The molecule has 0 atom stereocenters. The summed E-state index contributed by atoms with van der Waals surface area (Å²) < 4.78 is 47.2. The van der Waals surface area contributed by atoms with Gasteiger partial charge in [0.05, 0.1) is 12.1 Å². The maximum atomic E-state index is 13.6. The lowest BCUT2D eigenvalue weighted by atomic mass is 10.2. The molecule has 0 amide bonds. The number of imidazole rings is 1. The molecule has 3 aromatic heterocycles. The fraction of sp³-hybridized carbons (Fsp3) is 0.167. The molecule has 3 aromatic rings. The number of alkyl halides is 3. The average molecular weight is 493 g/mol. The minimum atomic E-state index is -4.73. The third-order valence-corrected chi connectivity index (χ3v) is 6.53. The number of rotatable bonds is 7. The van der Waals surface area contributed by atoms with Crippen molar-refractivity contribution in [2.75, 3.05) is 12.2 Å². The Balaban J connectivity index is 1.93. The standard InChI is InChI=1S/C18H13Cl2F3N4OS2/c1-24-13(16(20)30-9-29-10-5-6-12(28-2)25-8-10)14-15(18(21,22)23)26-17-11(19)4-3-7-27(14)17/h3-8H,1,9H2,2H3/b16-13-. The first kappa shape index (κ1) is 22.8. The molecule has 5 nitrogen and oxygen atoms in total. The first-order valence-electron chi connectivity index (χ1n) is 8.12. The second-order valence-corrected chi connectivity index (χ2v) is 8.99. The second kappa shape index (κ2) is 9.51. The highest BCUT2D eigenvalue weighted by Crippen LogP contribution is 2.41. The van der Waals surface area contributed by atoms with E-state index >= 15 is 0 Å². The Kier molecular flexibility index (Phi) is 7.22. The summed E-state index contributed by atoms with van der Waals surface area (Å²) in [6.45, 7) is 3.40. The van der Waals surface area contributed by atoms with Gasteiger partial charge in [-0.15, -0.1) is 23.5 Å². The van der Waals surface area contributed by atoms with Crippen molar-refractivity contribution in [2.45, 2.75) is 11.1 Å². The van der Waals surface area contributed by atoms with Crippen LogP contribution in [0, 0.1) is 0 Å². The summed E-state index contributed by atoms with van der Waals surface area (Å²) in [5.74, 6) is 0.481. The molecule has 3 rings (SSSR count).